The summed E-state index contributed by atoms with van der Waals surface area (Å²) in [5, 5.41) is 3.94. The predicted octanol–water partition coefficient (Wildman–Crippen LogP) is 2.54. The maximum Gasteiger partial charge on any atom is 0.346 e. The number of fused-ring (bicyclic) bond motifs is 2. The van der Waals surface area contributed by atoms with Crippen LogP contribution >= 0.6 is 0 Å². The summed E-state index contributed by atoms with van der Waals surface area (Å²) in [4.78, 5) is 33.9. The van der Waals surface area contributed by atoms with E-state index < -0.39 is 0 Å². The Morgan fingerprint density at radius 2 is 1.50 bits per heavy atom. The van der Waals surface area contributed by atoms with Crippen LogP contribution in [0.3, 0.4) is 0 Å². The summed E-state index contributed by atoms with van der Waals surface area (Å²) in [5.41, 5.74) is 1.88. The minimum absolute atomic E-state index is 0.0120. The molecule has 0 radical (unpaired) electrons. The number of rotatable bonds is 3. The average Bonchev–Trinajstić information content (AvgIpc) is 3.68. The van der Waals surface area contributed by atoms with E-state index in [1.54, 1.807) is 4.90 Å². The first-order chi connectivity index (χ1) is 17.7. The third kappa shape index (κ3) is 3.26. The summed E-state index contributed by atoms with van der Waals surface area (Å²) in [6, 6.07) is 11.2. The van der Waals surface area contributed by atoms with Gasteiger partial charge in [-0.1, -0.05) is 12.1 Å². The summed E-state index contributed by atoms with van der Waals surface area (Å²) in [7, 11) is 0. The Labute approximate surface area is 206 Å². The van der Waals surface area contributed by atoms with Gasteiger partial charge >= 0.3 is 6.03 Å². The zero-order valence-corrected chi connectivity index (χ0v) is 19.3. The normalized spacial score (nSPS) is 22.6. The first-order valence-electron chi connectivity index (χ1n) is 11.9. The SMILES string of the molecule is O=C1[C@H](c2ccc3c(c2)OCO3)[C@@H](c2ccc3c(c2)OCO3)N1C1CCN(C(=O)n2cncn2)CC1. The number of hydrogen-bond donors (Lipinski definition) is 0. The van der Waals surface area contributed by atoms with Gasteiger partial charge in [-0.15, -0.1) is 0 Å². The van der Waals surface area contributed by atoms with Crippen LogP contribution in [0.5, 0.6) is 23.0 Å². The van der Waals surface area contributed by atoms with Crippen LogP contribution in [0.15, 0.2) is 49.1 Å². The Kier molecular flexibility index (Phi) is 4.76. The van der Waals surface area contributed by atoms with Crippen LogP contribution in [0.1, 0.15) is 35.9 Å². The van der Waals surface area contributed by atoms with Gasteiger partial charge in [-0.05, 0) is 48.2 Å². The monoisotopic (exact) mass is 489 g/mol. The van der Waals surface area contributed by atoms with E-state index in [9.17, 15) is 9.59 Å². The fourth-order valence-electron chi connectivity index (χ4n) is 5.59. The van der Waals surface area contributed by atoms with Crippen LogP contribution in [-0.4, -0.2) is 69.2 Å². The number of carbonyl (C=O) groups is 2. The first kappa shape index (κ1) is 21.0. The van der Waals surface area contributed by atoms with E-state index in [1.165, 1.54) is 17.3 Å². The molecule has 0 unspecified atom stereocenters. The third-order valence-corrected chi connectivity index (χ3v) is 7.37. The molecule has 5 heterocycles. The summed E-state index contributed by atoms with van der Waals surface area (Å²) < 4.78 is 23.4. The Morgan fingerprint density at radius 1 is 0.861 bits per heavy atom. The highest BCUT2D eigenvalue weighted by Gasteiger charge is 2.52. The standard InChI is InChI=1S/C25H23N5O6/c31-24-22(15-1-3-18-20(9-15)35-13-33-18)23(16-2-4-19-21(10-16)36-14-34-19)30(24)17-5-7-28(8-6-17)25(32)29-12-26-11-27-29/h1-4,9-12,17,22-23H,5-8,13-14H2/t22-,23-/m1/s1. The number of aromatic nitrogens is 3. The van der Waals surface area contributed by atoms with Crippen molar-refractivity contribution in [2.45, 2.75) is 30.8 Å². The number of nitrogens with zero attached hydrogens (tertiary/aromatic N) is 5. The van der Waals surface area contributed by atoms with Crippen molar-refractivity contribution in [3.63, 3.8) is 0 Å². The van der Waals surface area contributed by atoms with Crippen molar-refractivity contribution in [2.75, 3.05) is 26.7 Å². The lowest BCUT2D eigenvalue weighted by Crippen LogP contribution is -2.60. The van der Waals surface area contributed by atoms with Gasteiger partial charge in [0.05, 0.1) is 12.0 Å². The number of β-lactam (4-membered cyclic amide) rings is 1. The fourth-order valence-corrected chi connectivity index (χ4v) is 5.59. The zero-order valence-electron chi connectivity index (χ0n) is 19.3. The molecule has 2 amide bonds. The molecular formula is C25H23N5O6. The van der Waals surface area contributed by atoms with Gasteiger partial charge in [0.15, 0.2) is 23.0 Å². The molecule has 0 aliphatic carbocycles. The van der Waals surface area contributed by atoms with Crippen LogP contribution in [-0.2, 0) is 4.79 Å². The molecule has 0 spiro atoms. The van der Waals surface area contributed by atoms with Crippen molar-refractivity contribution in [2.24, 2.45) is 0 Å². The molecule has 11 heteroatoms. The van der Waals surface area contributed by atoms with Gasteiger partial charge in [0.2, 0.25) is 19.5 Å². The van der Waals surface area contributed by atoms with Crippen molar-refractivity contribution in [3.8, 4) is 23.0 Å². The number of hydrogen-bond acceptors (Lipinski definition) is 8. The van der Waals surface area contributed by atoms with E-state index in [4.69, 9.17) is 18.9 Å². The van der Waals surface area contributed by atoms with E-state index in [0.29, 0.717) is 48.9 Å². The van der Waals surface area contributed by atoms with Crippen molar-refractivity contribution in [1.29, 1.82) is 0 Å². The van der Waals surface area contributed by atoms with Crippen LogP contribution in [0.4, 0.5) is 4.79 Å². The second-order valence-electron chi connectivity index (χ2n) is 9.23. The molecule has 4 aliphatic heterocycles. The van der Waals surface area contributed by atoms with Crippen LogP contribution in [0.2, 0.25) is 0 Å². The Morgan fingerprint density at radius 3 is 2.17 bits per heavy atom. The minimum Gasteiger partial charge on any atom is -0.454 e. The van der Waals surface area contributed by atoms with Gasteiger partial charge in [-0.2, -0.15) is 9.78 Å². The molecule has 0 bridgehead atoms. The molecule has 2 atom stereocenters. The van der Waals surface area contributed by atoms with Crippen molar-refractivity contribution in [3.05, 3.63) is 60.2 Å². The van der Waals surface area contributed by atoms with Gasteiger partial charge in [0.1, 0.15) is 12.7 Å². The highest BCUT2D eigenvalue weighted by molar-refractivity contribution is 5.92. The summed E-state index contributed by atoms with van der Waals surface area (Å²) in [5.74, 6) is 2.45. The topological polar surface area (TPSA) is 108 Å². The zero-order chi connectivity index (χ0) is 24.2. The molecule has 0 saturated carbocycles. The predicted molar refractivity (Wildman–Crippen MR) is 123 cm³/mol. The Bertz CT molecular complexity index is 1340. The largest absolute Gasteiger partial charge is 0.454 e. The molecule has 2 fully saturated rings. The first-order valence-corrected chi connectivity index (χ1v) is 11.9. The number of amides is 2. The maximum absolute atomic E-state index is 13.7. The number of ether oxygens (including phenoxy) is 4. The number of likely N-dealkylation sites (tertiary alicyclic amines) is 2. The van der Waals surface area contributed by atoms with Crippen LogP contribution in [0.25, 0.3) is 0 Å². The summed E-state index contributed by atoms with van der Waals surface area (Å²) in [6.07, 6.45) is 4.11. The minimum atomic E-state index is -0.352. The van der Waals surface area contributed by atoms with Crippen molar-refractivity contribution in [1.82, 2.24) is 24.6 Å². The highest BCUT2D eigenvalue weighted by atomic mass is 16.7. The van der Waals surface area contributed by atoms with Gasteiger partial charge in [0.25, 0.3) is 0 Å². The molecule has 2 saturated heterocycles. The summed E-state index contributed by atoms with van der Waals surface area (Å²) in [6.45, 7) is 1.45. The highest BCUT2D eigenvalue weighted by Crippen LogP contribution is 2.51. The van der Waals surface area contributed by atoms with E-state index in [1.807, 2.05) is 41.3 Å². The molecule has 184 valence electrons. The quantitative estimate of drug-likeness (QED) is 0.517. The van der Waals surface area contributed by atoms with Gasteiger partial charge in [-0.25, -0.2) is 9.78 Å². The maximum atomic E-state index is 13.7. The molecule has 4 aliphatic rings. The number of benzene rings is 2. The van der Waals surface area contributed by atoms with Gasteiger partial charge in [0, 0.05) is 19.1 Å². The lowest BCUT2D eigenvalue weighted by molar-refractivity contribution is -0.156. The molecule has 7 rings (SSSR count). The lowest BCUT2D eigenvalue weighted by atomic mass is 9.75. The van der Waals surface area contributed by atoms with E-state index in [0.717, 1.165) is 11.1 Å². The van der Waals surface area contributed by atoms with E-state index in [2.05, 4.69) is 10.1 Å². The van der Waals surface area contributed by atoms with E-state index >= 15 is 0 Å². The smallest absolute Gasteiger partial charge is 0.346 e. The van der Waals surface area contributed by atoms with Crippen LogP contribution < -0.4 is 18.9 Å². The fraction of sp³-hybridized carbons (Fsp3) is 0.360. The average molecular weight is 489 g/mol. The Hall–Kier alpha value is -4.28. The molecular weight excluding hydrogens is 466 g/mol. The lowest BCUT2D eigenvalue weighted by Gasteiger charge is -2.53. The summed E-state index contributed by atoms with van der Waals surface area (Å²) >= 11 is 0. The van der Waals surface area contributed by atoms with Crippen molar-refractivity contribution >= 4 is 11.9 Å². The number of carbonyl (C=O) groups excluding carboxylic acids is 2. The van der Waals surface area contributed by atoms with Gasteiger partial charge < -0.3 is 28.7 Å². The molecule has 11 nitrogen and oxygen atoms in total. The molecule has 3 aromatic rings. The Balaban J connectivity index is 1.17. The van der Waals surface area contributed by atoms with E-state index in [-0.39, 0.29) is 43.5 Å². The van der Waals surface area contributed by atoms with Crippen LogP contribution in [0, 0.1) is 0 Å². The number of piperidine rings is 1. The molecule has 2 aromatic carbocycles. The van der Waals surface area contributed by atoms with Gasteiger partial charge in [-0.3, -0.25) is 4.79 Å². The second kappa shape index (κ2) is 8.14. The van der Waals surface area contributed by atoms with Crippen molar-refractivity contribution < 1.29 is 28.5 Å². The molecule has 0 N–H and O–H groups in total. The third-order valence-electron chi connectivity index (χ3n) is 7.37. The molecule has 36 heavy (non-hydrogen) atoms. The second-order valence-corrected chi connectivity index (χ2v) is 9.23. The molecule has 1 aromatic heterocycles.